The molecule has 0 atom stereocenters. The Kier molecular flexibility index (Phi) is 14.6. The molecule has 0 heterocycles. The van der Waals surface area contributed by atoms with Crippen LogP contribution in [-0.4, -0.2) is 74.2 Å². The van der Waals surface area contributed by atoms with E-state index in [0.29, 0.717) is 98.0 Å². The van der Waals surface area contributed by atoms with E-state index >= 15 is 0 Å². The number of phenolic OH excluding ortho intramolecular Hbond substituents is 2. The van der Waals surface area contributed by atoms with Crippen molar-refractivity contribution < 1.29 is 52.8 Å². The van der Waals surface area contributed by atoms with Gasteiger partial charge >= 0.3 is 0 Å². The number of hydrogen-bond acceptors (Lipinski definition) is 11. The van der Waals surface area contributed by atoms with Gasteiger partial charge in [-0.05, 0) is 44.2 Å². The molecule has 5 rings (SSSR count). The molecular formula is C51H64O11. The third-order valence-electron chi connectivity index (χ3n) is 11.4. The van der Waals surface area contributed by atoms with Crippen molar-refractivity contribution in [2.24, 2.45) is 0 Å². The lowest BCUT2D eigenvalue weighted by Crippen LogP contribution is -2.14. The van der Waals surface area contributed by atoms with Gasteiger partial charge in [-0.3, -0.25) is 0 Å². The number of ether oxygens (including phenoxy) is 9. The summed E-state index contributed by atoms with van der Waals surface area (Å²) in [5.74, 6) is 5.33. The molecule has 0 aromatic heterocycles. The SMILES string of the molecule is COc1cc(OC)c(Cc2cc(C(C)(C)C)cc(Cc3c(OC)cc(OC)c(Cc4cc(C(C)(C)C)cc(Cc5c(OC)cc(OC)cc5OC)c4O)c3OC)c2O)c(OC)c1. The molecule has 0 amide bonds. The van der Waals surface area contributed by atoms with E-state index in [-0.39, 0.29) is 35.2 Å². The minimum Gasteiger partial charge on any atom is -0.507 e. The molecule has 0 radical (unpaired) electrons. The minimum absolute atomic E-state index is 0.129. The molecule has 11 nitrogen and oxygen atoms in total. The Balaban J connectivity index is 1.69. The molecule has 0 spiro atoms. The molecule has 334 valence electrons. The second-order valence-corrected chi connectivity index (χ2v) is 17.3. The summed E-state index contributed by atoms with van der Waals surface area (Å²) < 4.78 is 52.5. The van der Waals surface area contributed by atoms with E-state index < -0.39 is 0 Å². The molecular weight excluding hydrogens is 789 g/mol. The fourth-order valence-electron chi connectivity index (χ4n) is 7.84. The van der Waals surface area contributed by atoms with E-state index in [2.05, 4.69) is 41.5 Å². The molecule has 0 aliphatic heterocycles. The van der Waals surface area contributed by atoms with Gasteiger partial charge in [0.2, 0.25) is 0 Å². The van der Waals surface area contributed by atoms with Crippen molar-refractivity contribution in [1.82, 2.24) is 0 Å². The van der Waals surface area contributed by atoms with Gasteiger partial charge in [-0.1, -0.05) is 65.8 Å². The summed E-state index contributed by atoms with van der Waals surface area (Å²) in [5.41, 5.74) is 7.22. The fraction of sp³-hybridized carbons (Fsp3) is 0.412. The molecule has 5 aromatic rings. The summed E-state index contributed by atoms with van der Waals surface area (Å²) in [6.07, 6.45) is 1.14. The van der Waals surface area contributed by atoms with E-state index in [9.17, 15) is 10.2 Å². The first-order chi connectivity index (χ1) is 29.4. The lowest BCUT2D eigenvalue weighted by atomic mass is 9.82. The first-order valence-electron chi connectivity index (χ1n) is 20.5. The molecule has 0 aliphatic rings. The maximum atomic E-state index is 12.2. The first kappa shape index (κ1) is 47.0. The predicted octanol–water partition coefficient (Wildman–Crippen LogP) is 10.1. The Labute approximate surface area is 367 Å². The minimum atomic E-state index is -0.266. The van der Waals surface area contributed by atoms with Crippen LogP contribution < -0.4 is 42.6 Å². The molecule has 0 fully saturated rings. The Morgan fingerprint density at radius 2 is 0.597 bits per heavy atom. The van der Waals surface area contributed by atoms with E-state index in [1.807, 2.05) is 54.6 Å². The van der Waals surface area contributed by atoms with Crippen LogP contribution in [0.2, 0.25) is 0 Å². The van der Waals surface area contributed by atoms with Gasteiger partial charge in [0.15, 0.2) is 0 Å². The van der Waals surface area contributed by atoms with Crippen molar-refractivity contribution in [3.05, 3.63) is 110 Å². The smallest absolute Gasteiger partial charge is 0.133 e. The summed E-state index contributed by atoms with van der Waals surface area (Å²) >= 11 is 0. The van der Waals surface area contributed by atoms with Crippen LogP contribution in [-0.2, 0) is 36.5 Å². The van der Waals surface area contributed by atoms with Crippen LogP contribution in [0.1, 0.15) is 97.2 Å². The summed E-state index contributed by atoms with van der Waals surface area (Å²) in [7, 11) is 14.4. The number of aromatic hydroxyl groups is 2. The van der Waals surface area contributed by atoms with Gasteiger partial charge in [-0.25, -0.2) is 0 Å². The molecule has 0 unspecified atom stereocenters. The zero-order chi connectivity index (χ0) is 45.7. The van der Waals surface area contributed by atoms with Gasteiger partial charge in [0.05, 0.1) is 64.0 Å². The van der Waals surface area contributed by atoms with Crippen LogP contribution in [0.15, 0.2) is 54.6 Å². The van der Waals surface area contributed by atoms with Crippen LogP contribution >= 0.6 is 0 Å². The number of benzene rings is 5. The van der Waals surface area contributed by atoms with Crippen LogP contribution in [0.3, 0.4) is 0 Å². The van der Waals surface area contributed by atoms with Gasteiger partial charge in [0, 0.05) is 78.3 Å². The Morgan fingerprint density at radius 3 is 0.823 bits per heavy atom. The van der Waals surface area contributed by atoms with Crippen molar-refractivity contribution in [2.75, 3.05) is 64.0 Å². The quantitative estimate of drug-likeness (QED) is 0.0929. The van der Waals surface area contributed by atoms with Crippen molar-refractivity contribution in [3.8, 4) is 63.2 Å². The van der Waals surface area contributed by atoms with Crippen LogP contribution in [0, 0.1) is 0 Å². The molecule has 2 N–H and O–H groups in total. The van der Waals surface area contributed by atoms with E-state index in [1.165, 1.54) is 0 Å². The summed E-state index contributed by atoms with van der Waals surface area (Å²) in [5, 5.41) is 24.4. The van der Waals surface area contributed by atoms with Gasteiger partial charge in [0.1, 0.15) is 63.2 Å². The van der Waals surface area contributed by atoms with Crippen LogP contribution in [0.4, 0.5) is 0 Å². The monoisotopic (exact) mass is 852 g/mol. The van der Waals surface area contributed by atoms with E-state index in [0.717, 1.165) is 22.3 Å². The predicted molar refractivity (Wildman–Crippen MR) is 243 cm³/mol. The molecule has 0 saturated heterocycles. The Morgan fingerprint density at radius 1 is 0.339 bits per heavy atom. The van der Waals surface area contributed by atoms with Gasteiger partial charge < -0.3 is 52.8 Å². The molecule has 11 heteroatoms. The first-order valence-corrected chi connectivity index (χ1v) is 20.5. The Bertz CT molecular complexity index is 2170. The number of methoxy groups -OCH3 is 9. The average Bonchev–Trinajstić information content (AvgIpc) is 3.25. The standard InChI is InChI=1S/C51H64O11/c1-50(2,3)33-16-29(20-37-41(56-9)24-35(54-7)25-42(37)57-10)47(52)31(18-33)22-39-45(60-13)28-46(61-14)40(49(39)62-15)23-32-19-34(51(4,5)6)17-30(48(32)53)21-38-43(58-11)26-36(55-8)27-44(38)59-12/h16-19,24-28,52-53H,20-23H2,1-15H3. The highest BCUT2D eigenvalue weighted by Gasteiger charge is 2.28. The molecule has 0 bridgehead atoms. The normalized spacial score (nSPS) is 11.5. The fourth-order valence-corrected chi connectivity index (χ4v) is 7.84. The highest BCUT2D eigenvalue weighted by atomic mass is 16.5. The van der Waals surface area contributed by atoms with Crippen LogP contribution in [0.25, 0.3) is 0 Å². The maximum absolute atomic E-state index is 12.2. The second-order valence-electron chi connectivity index (χ2n) is 17.3. The molecule has 62 heavy (non-hydrogen) atoms. The number of hydrogen-bond donors (Lipinski definition) is 2. The maximum Gasteiger partial charge on any atom is 0.133 e. The summed E-state index contributed by atoms with van der Waals surface area (Å²) in [6, 6.07) is 17.2. The zero-order valence-electron chi connectivity index (χ0n) is 39.1. The molecule has 0 saturated carbocycles. The van der Waals surface area contributed by atoms with Crippen molar-refractivity contribution in [3.63, 3.8) is 0 Å². The number of phenols is 2. The second kappa shape index (κ2) is 19.3. The third kappa shape index (κ3) is 9.83. The van der Waals surface area contributed by atoms with E-state index in [1.54, 1.807) is 64.0 Å². The molecule has 5 aromatic carbocycles. The zero-order valence-corrected chi connectivity index (χ0v) is 39.1. The molecule has 0 aliphatic carbocycles. The highest BCUT2D eigenvalue weighted by molar-refractivity contribution is 5.64. The van der Waals surface area contributed by atoms with E-state index in [4.69, 9.17) is 42.6 Å². The Hall–Kier alpha value is -6.10. The largest absolute Gasteiger partial charge is 0.507 e. The topological polar surface area (TPSA) is 124 Å². The van der Waals surface area contributed by atoms with Gasteiger partial charge in [0.25, 0.3) is 0 Å². The van der Waals surface area contributed by atoms with Gasteiger partial charge in [-0.15, -0.1) is 0 Å². The number of rotatable bonds is 17. The van der Waals surface area contributed by atoms with Gasteiger partial charge in [-0.2, -0.15) is 0 Å². The van der Waals surface area contributed by atoms with Crippen molar-refractivity contribution in [1.29, 1.82) is 0 Å². The highest BCUT2D eigenvalue weighted by Crippen LogP contribution is 2.47. The lowest BCUT2D eigenvalue weighted by molar-refractivity contribution is 0.363. The lowest BCUT2D eigenvalue weighted by Gasteiger charge is -2.25. The summed E-state index contributed by atoms with van der Waals surface area (Å²) in [6.45, 7) is 12.8. The third-order valence-corrected chi connectivity index (χ3v) is 11.4. The van der Waals surface area contributed by atoms with Crippen molar-refractivity contribution in [2.45, 2.75) is 78.1 Å². The average molecular weight is 853 g/mol. The van der Waals surface area contributed by atoms with Crippen molar-refractivity contribution >= 4 is 0 Å². The summed E-state index contributed by atoms with van der Waals surface area (Å²) in [4.78, 5) is 0. The van der Waals surface area contributed by atoms with Crippen LogP contribution in [0.5, 0.6) is 63.2 Å².